The van der Waals surface area contributed by atoms with E-state index in [4.69, 9.17) is 0 Å². The number of rotatable bonds is 5. The number of likely N-dealkylation sites (tertiary alicyclic amines) is 1. The summed E-state index contributed by atoms with van der Waals surface area (Å²) in [7, 11) is 0. The first-order valence-electron chi connectivity index (χ1n) is 9.97. The monoisotopic (exact) mass is 368 g/mol. The van der Waals surface area contributed by atoms with Crippen LogP contribution < -0.4 is 0 Å². The molecule has 144 valence electrons. The van der Waals surface area contributed by atoms with E-state index in [1.165, 1.54) is 6.42 Å². The summed E-state index contributed by atoms with van der Waals surface area (Å²) in [6.07, 6.45) is 5.42. The molecule has 0 N–H and O–H groups in total. The molecule has 2 aromatic rings. The van der Waals surface area contributed by atoms with E-state index in [0.717, 1.165) is 70.0 Å². The number of benzene rings is 1. The third kappa shape index (κ3) is 4.73. The lowest BCUT2D eigenvalue weighted by molar-refractivity contribution is -0.133. The molecule has 2 aliphatic rings. The molecule has 3 heterocycles. The fraction of sp³-hybridized carbons (Fsp3) is 0.550. The Morgan fingerprint density at radius 1 is 0.889 bits per heavy atom. The minimum Gasteiger partial charge on any atom is -0.342 e. The fourth-order valence-electron chi connectivity index (χ4n) is 3.82. The number of amides is 1. The molecule has 2 saturated heterocycles. The number of hydrogen-bond acceptors (Lipinski definition) is 5. The second-order valence-corrected chi connectivity index (χ2v) is 7.45. The second-order valence-electron chi connectivity index (χ2n) is 7.45. The van der Waals surface area contributed by atoms with Crippen molar-refractivity contribution in [2.45, 2.75) is 25.8 Å². The van der Waals surface area contributed by atoms with Crippen molar-refractivity contribution in [3.63, 3.8) is 0 Å². The predicted octanol–water partition coefficient (Wildman–Crippen LogP) is 1.40. The van der Waals surface area contributed by atoms with Gasteiger partial charge in [0.05, 0.1) is 24.1 Å². The SMILES string of the molecule is O=C(CN1CCN(Cc2cnn(-c3ccccc3)n2)CC1)N1CCCCC1. The van der Waals surface area contributed by atoms with Crippen molar-refractivity contribution in [2.24, 2.45) is 0 Å². The zero-order valence-corrected chi connectivity index (χ0v) is 15.8. The van der Waals surface area contributed by atoms with Gasteiger partial charge >= 0.3 is 0 Å². The minimum atomic E-state index is 0.300. The van der Waals surface area contributed by atoms with Gasteiger partial charge in [0.1, 0.15) is 0 Å². The van der Waals surface area contributed by atoms with Gasteiger partial charge < -0.3 is 4.90 Å². The Bertz CT molecular complexity index is 732. The van der Waals surface area contributed by atoms with E-state index in [-0.39, 0.29) is 0 Å². The Morgan fingerprint density at radius 3 is 2.33 bits per heavy atom. The van der Waals surface area contributed by atoms with E-state index < -0.39 is 0 Å². The van der Waals surface area contributed by atoms with Crippen LogP contribution in [0, 0.1) is 0 Å². The van der Waals surface area contributed by atoms with Gasteiger partial charge in [-0.15, -0.1) is 0 Å². The van der Waals surface area contributed by atoms with E-state index in [0.29, 0.717) is 12.5 Å². The quantitative estimate of drug-likeness (QED) is 0.798. The summed E-state index contributed by atoms with van der Waals surface area (Å²) in [5.74, 6) is 0.300. The number of carbonyl (C=O) groups excluding carboxylic acids is 1. The highest BCUT2D eigenvalue weighted by Crippen LogP contribution is 2.11. The number of hydrogen-bond donors (Lipinski definition) is 0. The lowest BCUT2D eigenvalue weighted by Gasteiger charge is -2.35. The van der Waals surface area contributed by atoms with Crippen molar-refractivity contribution >= 4 is 5.91 Å². The molecular formula is C20H28N6O. The highest BCUT2D eigenvalue weighted by atomic mass is 16.2. The third-order valence-corrected chi connectivity index (χ3v) is 5.44. The number of piperidine rings is 1. The van der Waals surface area contributed by atoms with Crippen molar-refractivity contribution in [3.05, 3.63) is 42.2 Å². The molecule has 0 atom stereocenters. The lowest BCUT2D eigenvalue weighted by Crippen LogP contribution is -2.50. The normalized spacial score (nSPS) is 19.3. The van der Waals surface area contributed by atoms with Gasteiger partial charge in [0.15, 0.2) is 0 Å². The van der Waals surface area contributed by atoms with Crippen molar-refractivity contribution in [1.29, 1.82) is 0 Å². The molecule has 0 bridgehead atoms. The molecule has 4 rings (SSSR count). The third-order valence-electron chi connectivity index (χ3n) is 5.44. The zero-order chi connectivity index (χ0) is 18.5. The number of aromatic nitrogens is 3. The van der Waals surface area contributed by atoms with Gasteiger partial charge in [0, 0.05) is 45.8 Å². The molecule has 1 aromatic heterocycles. The summed E-state index contributed by atoms with van der Waals surface area (Å²) >= 11 is 0. The Balaban J connectivity index is 1.24. The number of piperazine rings is 1. The first kappa shape index (κ1) is 18.1. The summed E-state index contributed by atoms with van der Waals surface area (Å²) in [6, 6.07) is 9.97. The number of carbonyl (C=O) groups is 1. The summed E-state index contributed by atoms with van der Waals surface area (Å²) in [5.41, 5.74) is 1.96. The lowest BCUT2D eigenvalue weighted by atomic mass is 10.1. The van der Waals surface area contributed by atoms with Crippen molar-refractivity contribution in [2.75, 3.05) is 45.8 Å². The molecular weight excluding hydrogens is 340 g/mol. The van der Waals surface area contributed by atoms with E-state index in [1.54, 1.807) is 4.80 Å². The predicted molar refractivity (Wildman–Crippen MR) is 104 cm³/mol. The molecule has 2 aliphatic heterocycles. The van der Waals surface area contributed by atoms with Crippen molar-refractivity contribution in [3.8, 4) is 5.69 Å². The van der Waals surface area contributed by atoms with Gasteiger partial charge in [0.25, 0.3) is 0 Å². The topological polar surface area (TPSA) is 57.5 Å². The average molecular weight is 368 g/mol. The van der Waals surface area contributed by atoms with Gasteiger partial charge in [-0.05, 0) is 31.4 Å². The van der Waals surface area contributed by atoms with E-state index in [1.807, 2.05) is 41.4 Å². The molecule has 7 heteroatoms. The van der Waals surface area contributed by atoms with Crippen LogP contribution in [0.5, 0.6) is 0 Å². The molecule has 1 amide bonds. The molecule has 7 nitrogen and oxygen atoms in total. The zero-order valence-electron chi connectivity index (χ0n) is 15.8. The maximum Gasteiger partial charge on any atom is 0.236 e. The molecule has 27 heavy (non-hydrogen) atoms. The second kappa shape index (κ2) is 8.63. The summed E-state index contributed by atoms with van der Waals surface area (Å²) < 4.78 is 0. The van der Waals surface area contributed by atoms with Crippen molar-refractivity contribution in [1.82, 2.24) is 29.7 Å². The van der Waals surface area contributed by atoms with Crippen LogP contribution in [0.3, 0.4) is 0 Å². The Labute approximate surface area is 160 Å². The smallest absolute Gasteiger partial charge is 0.236 e. The standard InChI is InChI=1S/C20H28N6O/c27-20(25-9-5-2-6-10-25)17-24-13-11-23(12-14-24)16-18-15-21-26(22-18)19-7-3-1-4-8-19/h1,3-4,7-8,15H,2,5-6,9-14,16-17H2. The Kier molecular flexibility index (Phi) is 5.79. The average Bonchev–Trinajstić information content (AvgIpc) is 3.19. The van der Waals surface area contributed by atoms with Gasteiger partial charge in [-0.3, -0.25) is 14.6 Å². The Hall–Kier alpha value is -2.25. The molecule has 2 fully saturated rings. The fourth-order valence-corrected chi connectivity index (χ4v) is 3.82. The van der Waals surface area contributed by atoms with Gasteiger partial charge in [-0.1, -0.05) is 18.2 Å². The van der Waals surface area contributed by atoms with Gasteiger partial charge in [-0.25, -0.2) is 0 Å². The largest absolute Gasteiger partial charge is 0.342 e. The number of para-hydroxylation sites is 1. The van der Waals surface area contributed by atoms with Crippen LogP contribution in [0.25, 0.3) is 5.69 Å². The van der Waals surface area contributed by atoms with Crippen LogP contribution in [-0.2, 0) is 11.3 Å². The molecule has 0 aliphatic carbocycles. The van der Waals surface area contributed by atoms with Crippen LogP contribution in [0.15, 0.2) is 36.5 Å². The minimum absolute atomic E-state index is 0.300. The van der Waals surface area contributed by atoms with Crippen LogP contribution in [0.4, 0.5) is 0 Å². The summed E-state index contributed by atoms with van der Waals surface area (Å²) in [5, 5.41) is 8.97. The van der Waals surface area contributed by atoms with Crippen LogP contribution >= 0.6 is 0 Å². The highest BCUT2D eigenvalue weighted by molar-refractivity contribution is 5.78. The van der Waals surface area contributed by atoms with E-state index in [2.05, 4.69) is 20.0 Å². The van der Waals surface area contributed by atoms with E-state index >= 15 is 0 Å². The molecule has 0 radical (unpaired) electrons. The van der Waals surface area contributed by atoms with Gasteiger partial charge in [-0.2, -0.15) is 15.0 Å². The summed E-state index contributed by atoms with van der Waals surface area (Å²) in [6.45, 7) is 7.06. The Morgan fingerprint density at radius 2 is 1.59 bits per heavy atom. The molecule has 0 unspecified atom stereocenters. The first-order valence-corrected chi connectivity index (χ1v) is 9.97. The maximum absolute atomic E-state index is 12.4. The van der Waals surface area contributed by atoms with Gasteiger partial charge in [0.2, 0.25) is 5.91 Å². The maximum atomic E-state index is 12.4. The molecule has 0 spiro atoms. The summed E-state index contributed by atoms with van der Waals surface area (Å²) in [4.78, 5) is 20.8. The van der Waals surface area contributed by atoms with Crippen molar-refractivity contribution < 1.29 is 4.79 Å². The van der Waals surface area contributed by atoms with Crippen LogP contribution in [-0.4, -0.2) is 81.4 Å². The first-order chi connectivity index (χ1) is 13.3. The molecule has 0 saturated carbocycles. The van der Waals surface area contributed by atoms with Crippen LogP contribution in [0.1, 0.15) is 25.0 Å². The number of nitrogens with zero attached hydrogens (tertiary/aromatic N) is 6. The van der Waals surface area contributed by atoms with E-state index in [9.17, 15) is 4.79 Å². The van der Waals surface area contributed by atoms with Crippen LogP contribution in [0.2, 0.25) is 0 Å². The molecule has 1 aromatic carbocycles. The highest BCUT2D eigenvalue weighted by Gasteiger charge is 2.23.